The molecule has 1 aliphatic rings. The van der Waals surface area contributed by atoms with Gasteiger partial charge in [0.2, 0.25) is 0 Å². The van der Waals surface area contributed by atoms with Gasteiger partial charge in [0.1, 0.15) is 15.0 Å². The van der Waals surface area contributed by atoms with Crippen molar-refractivity contribution in [3.05, 3.63) is 29.3 Å². The molecule has 0 radical (unpaired) electrons. The third-order valence-electron chi connectivity index (χ3n) is 3.28. The lowest BCUT2D eigenvalue weighted by Gasteiger charge is -2.19. The van der Waals surface area contributed by atoms with Crippen molar-refractivity contribution in [2.24, 2.45) is 0 Å². The van der Waals surface area contributed by atoms with Crippen LogP contribution < -0.4 is 4.74 Å². The van der Waals surface area contributed by atoms with Crippen LogP contribution in [0.2, 0.25) is 0 Å². The van der Waals surface area contributed by atoms with Crippen molar-refractivity contribution in [3.63, 3.8) is 0 Å². The van der Waals surface area contributed by atoms with Crippen LogP contribution >= 0.6 is 22.6 Å². The minimum absolute atomic E-state index is 0.182. The molecule has 18 heavy (non-hydrogen) atoms. The van der Waals surface area contributed by atoms with Crippen LogP contribution in [0.3, 0.4) is 0 Å². The molecule has 2 rings (SSSR count). The van der Waals surface area contributed by atoms with Crippen LogP contribution in [0.25, 0.3) is 0 Å². The second kappa shape index (κ2) is 4.99. The largest absolute Gasteiger partial charge is 0.425 e. The van der Waals surface area contributed by atoms with E-state index < -0.39 is 3.42 Å². The van der Waals surface area contributed by atoms with Gasteiger partial charge in [-0.25, -0.2) is 0 Å². The van der Waals surface area contributed by atoms with E-state index in [9.17, 15) is 9.59 Å². The maximum Gasteiger partial charge on any atom is 0.327 e. The van der Waals surface area contributed by atoms with Gasteiger partial charge in [0.05, 0.1) is 0 Å². The highest BCUT2D eigenvalue weighted by atomic mass is 127. The highest BCUT2D eigenvalue weighted by Gasteiger charge is 2.31. The van der Waals surface area contributed by atoms with Crippen LogP contribution in [-0.4, -0.2) is 15.2 Å². The molecule has 1 aliphatic carbocycles. The Labute approximate surface area is 120 Å². The summed E-state index contributed by atoms with van der Waals surface area (Å²) in [5, 5.41) is 0. The Morgan fingerprint density at radius 2 is 2.17 bits per heavy atom. The Morgan fingerprint density at radius 3 is 2.83 bits per heavy atom. The van der Waals surface area contributed by atoms with Gasteiger partial charge in [0.15, 0.2) is 0 Å². The normalized spacial score (nSPS) is 17.2. The number of carbonyl (C=O) groups excluding carboxylic acids is 2. The molecule has 0 saturated carbocycles. The molecule has 3 nitrogen and oxygen atoms in total. The quantitative estimate of drug-likeness (QED) is 0.361. The summed E-state index contributed by atoms with van der Waals surface area (Å²) < 4.78 is 4.94. The van der Waals surface area contributed by atoms with Gasteiger partial charge in [0, 0.05) is 18.4 Å². The Bertz CT molecular complexity index is 506. The molecular weight excluding hydrogens is 343 g/mol. The van der Waals surface area contributed by atoms with Crippen molar-refractivity contribution < 1.29 is 14.3 Å². The first kappa shape index (κ1) is 13.5. The molecule has 0 fully saturated rings. The third-order valence-corrected chi connectivity index (χ3v) is 4.49. The van der Waals surface area contributed by atoms with Crippen molar-refractivity contribution in [1.29, 1.82) is 0 Å². The Morgan fingerprint density at radius 1 is 1.44 bits per heavy atom. The second-order valence-corrected chi connectivity index (χ2v) is 7.11. The van der Waals surface area contributed by atoms with E-state index in [4.69, 9.17) is 4.74 Å². The molecular formula is C14H15IO3. The predicted molar refractivity (Wildman–Crippen MR) is 77.2 cm³/mol. The first-order chi connectivity index (χ1) is 8.44. The van der Waals surface area contributed by atoms with Crippen LogP contribution in [0.1, 0.15) is 31.4 Å². The fourth-order valence-corrected chi connectivity index (χ4v) is 2.01. The number of hydrogen-bond acceptors (Lipinski definition) is 3. The van der Waals surface area contributed by atoms with Gasteiger partial charge in [-0.1, -0.05) is 41.6 Å². The molecule has 1 aromatic rings. The van der Waals surface area contributed by atoms with Crippen LogP contribution in [0.5, 0.6) is 5.75 Å². The van der Waals surface area contributed by atoms with E-state index in [1.165, 1.54) is 0 Å². The van der Waals surface area contributed by atoms with Crippen molar-refractivity contribution >= 4 is 34.3 Å². The van der Waals surface area contributed by atoms with Gasteiger partial charge < -0.3 is 4.74 Å². The zero-order valence-electron chi connectivity index (χ0n) is 10.5. The smallest absolute Gasteiger partial charge is 0.327 e. The number of alkyl halides is 1. The minimum atomic E-state index is -0.525. The number of benzene rings is 1. The number of esters is 1. The van der Waals surface area contributed by atoms with E-state index >= 15 is 0 Å². The van der Waals surface area contributed by atoms with E-state index in [2.05, 4.69) is 22.6 Å². The molecule has 4 heteroatoms. The maximum absolute atomic E-state index is 12.0. The molecule has 1 atom stereocenters. The molecule has 0 N–H and O–H groups in total. The summed E-state index contributed by atoms with van der Waals surface area (Å²) >= 11 is 2.10. The number of rotatable bonds is 3. The Hall–Kier alpha value is -0.910. The molecule has 0 amide bonds. The molecule has 0 bridgehead atoms. The molecule has 0 heterocycles. The molecule has 0 aliphatic heterocycles. The Kier molecular flexibility index (Phi) is 3.75. The van der Waals surface area contributed by atoms with Gasteiger partial charge in [-0.15, -0.1) is 0 Å². The lowest BCUT2D eigenvalue weighted by atomic mass is 10.1. The average molecular weight is 358 g/mol. The van der Waals surface area contributed by atoms with Crippen molar-refractivity contribution in [3.8, 4) is 5.75 Å². The SMILES string of the molecule is CCC(C)(I)C(=O)Oc1cccc2c1CC(=O)C2. The summed E-state index contributed by atoms with van der Waals surface area (Å²) in [6, 6.07) is 5.51. The van der Waals surface area contributed by atoms with Gasteiger partial charge in [-0.2, -0.15) is 0 Å². The summed E-state index contributed by atoms with van der Waals surface area (Å²) in [7, 11) is 0. The first-order valence-electron chi connectivity index (χ1n) is 5.97. The number of ketones is 1. The highest BCUT2D eigenvalue weighted by Crippen LogP contribution is 2.31. The zero-order valence-corrected chi connectivity index (χ0v) is 12.6. The minimum Gasteiger partial charge on any atom is -0.425 e. The van der Waals surface area contributed by atoms with Crippen molar-refractivity contribution in [2.45, 2.75) is 36.5 Å². The molecule has 0 saturated heterocycles. The van der Waals surface area contributed by atoms with Gasteiger partial charge in [-0.3, -0.25) is 9.59 Å². The fourth-order valence-electron chi connectivity index (χ4n) is 1.90. The molecule has 1 aromatic carbocycles. The summed E-state index contributed by atoms with van der Waals surface area (Å²) in [5.74, 6) is 0.472. The summed E-state index contributed by atoms with van der Waals surface area (Å²) in [5.41, 5.74) is 1.86. The maximum atomic E-state index is 12.0. The van der Waals surface area contributed by atoms with Crippen LogP contribution in [0.15, 0.2) is 18.2 Å². The van der Waals surface area contributed by atoms with Gasteiger partial charge in [-0.05, 0) is 25.0 Å². The van der Waals surface area contributed by atoms with Crippen LogP contribution in [-0.2, 0) is 22.4 Å². The summed E-state index contributed by atoms with van der Waals surface area (Å²) in [4.78, 5) is 23.5. The number of fused-ring (bicyclic) bond motifs is 1. The second-order valence-electron chi connectivity index (χ2n) is 4.73. The van der Waals surface area contributed by atoms with Gasteiger partial charge >= 0.3 is 5.97 Å². The Balaban J connectivity index is 2.24. The molecule has 0 spiro atoms. The standard InChI is InChI=1S/C14H15IO3/c1-3-14(2,15)13(17)18-12-6-4-5-9-7-10(16)8-11(9)12/h4-6H,3,7-8H2,1-2H3. The number of hydrogen-bond donors (Lipinski definition) is 0. The fraction of sp³-hybridized carbons (Fsp3) is 0.429. The van der Waals surface area contributed by atoms with E-state index in [1.54, 1.807) is 6.07 Å². The van der Waals surface area contributed by atoms with E-state index in [-0.39, 0.29) is 11.8 Å². The molecule has 1 unspecified atom stereocenters. The van der Waals surface area contributed by atoms with Gasteiger partial charge in [0.25, 0.3) is 0 Å². The van der Waals surface area contributed by atoms with E-state index in [0.29, 0.717) is 25.0 Å². The predicted octanol–water partition coefficient (Wildman–Crippen LogP) is 2.86. The van der Waals surface area contributed by atoms with E-state index in [1.807, 2.05) is 26.0 Å². The third kappa shape index (κ3) is 2.58. The zero-order chi connectivity index (χ0) is 13.3. The molecule has 96 valence electrons. The lowest BCUT2D eigenvalue weighted by molar-refractivity contribution is -0.136. The highest BCUT2D eigenvalue weighted by molar-refractivity contribution is 14.1. The molecule has 0 aromatic heterocycles. The summed E-state index contributed by atoms with van der Waals surface area (Å²) in [6.45, 7) is 3.80. The first-order valence-corrected chi connectivity index (χ1v) is 7.05. The number of halogens is 1. The number of ether oxygens (including phenoxy) is 1. The van der Waals surface area contributed by atoms with Crippen LogP contribution in [0, 0.1) is 0 Å². The average Bonchev–Trinajstić information content (AvgIpc) is 2.70. The van der Waals surface area contributed by atoms with E-state index in [0.717, 1.165) is 11.1 Å². The lowest BCUT2D eigenvalue weighted by Crippen LogP contribution is -2.32. The van der Waals surface area contributed by atoms with Crippen molar-refractivity contribution in [1.82, 2.24) is 0 Å². The number of carbonyl (C=O) groups is 2. The monoisotopic (exact) mass is 358 g/mol. The topological polar surface area (TPSA) is 43.4 Å². The summed E-state index contributed by atoms with van der Waals surface area (Å²) in [6.07, 6.45) is 1.54. The van der Waals surface area contributed by atoms with Crippen LogP contribution in [0.4, 0.5) is 0 Å². The van der Waals surface area contributed by atoms with Crippen molar-refractivity contribution in [2.75, 3.05) is 0 Å². The number of Topliss-reactive ketones (excluding diaryl/α,β-unsaturated/α-hetero) is 1.